The maximum Gasteiger partial charge on any atom is 0.254 e. The lowest BCUT2D eigenvalue weighted by atomic mass is 10.1. The lowest BCUT2D eigenvalue weighted by molar-refractivity contribution is 0.0746. The number of nitrogens with zero attached hydrogens (tertiary/aromatic N) is 4. The van der Waals surface area contributed by atoms with E-state index in [1.807, 2.05) is 28.4 Å². The zero-order valence-corrected chi connectivity index (χ0v) is 20.5. The van der Waals surface area contributed by atoms with Gasteiger partial charge in [0.25, 0.3) is 5.91 Å². The van der Waals surface area contributed by atoms with Crippen LogP contribution in [0.5, 0.6) is 11.5 Å². The number of aryl methyl sites for hydroxylation is 3. The number of benzene rings is 1. The molecule has 1 amide bonds. The van der Waals surface area contributed by atoms with Crippen LogP contribution in [0.25, 0.3) is 10.2 Å². The molecule has 1 fully saturated rings. The Morgan fingerprint density at radius 1 is 1.03 bits per heavy atom. The molecule has 3 aliphatic rings. The number of thiophene rings is 1. The number of rotatable bonds is 4. The summed E-state index contributed by atoms with van der Waals surface area (Å²) in [7, 11) is 0. The molecule has 2 aliphatic heterocycles. The lowest BCUT2D eigenvalue weighted by Gasteiger charge is -2.36. The number of ether oxygens (including phenoxy) is 2. The van der Waals surface area contributed by atoms with Crippen molar-refractivity contribution < 1.29 is 14.3 Å². The molecule has 178 valence electrons. The highest BCUT2D eigenvalue weighted by atomic mass is 32.1. The average molecular weight is 479 g/mol. The molecule has 0 unspecified atom stereocenters. The zero-order chi connectivity index (χ0) is 23.1. The quantitative estimate of drug-likeness (QED) is 0.511. The molecule has 1 aromatic carbocycles. The van der Waals surface area contributed by atoms with Crippen molar-refractivity contribution in [3.63, 3.8) is 0 Å². The summed E-state index contributed by atoms with van der Waals surface area (Å²) in [6, 6.07) is 5.44. The molecule has 7 nitrogen and oxygen atoms in total. The molecule has 4 heterocycles. The number of carbonyl (C=O) groups is 1. The Labute approximate surface area is 203 Å². The van der Waals surface area contributed by atoms with Crippen molar-refractivity contribution in [1.29, 1.82) is 0 Å². The SMILES string of the molecule is CCCc1nc(N2CCN(C(=O)c3ccc4c(c3)OCO4)CC2)c2c3c(sc2n1)CCCCC3. The number of anilines is 1. The van der Waals surface area contributed by atoms with Gasteiger partial charge in [0.15, 0.2) is 11.5 Å². The Morgan fingerprint density at radius 2 is 1.85 bits per heavy atom. The highest BCUT2D eigenvalue weighted by Gasteiger charge is 2.28. The first-order valence-electron chi connectivity index (χ1n) is 12.5. The number of carbonyl (C=O) groups excluding carboxylic acids is 1. The maximum absolute atomic E-state index is 13.2. The standard InChI is InChI=1S/C26H30N4O3S/c1-2-6-22-27-24(23-18-7-4-3-5-8-21(18)34-25(23)28-22)29-11-13-30(14-12-29)26(31)17-9-10-19-20(15-17)33-16-32-19/h9-10,15H,2-8,11-14,16H2,1H3. The van der Waals surface area contributed by atoms with Crippen molar-refractivity contribution in [3.8, 4) is 11.5 Å². The summed E-state index contributed by atoms with van der Waals surface area (Å²) in [4.78, 5) is 30.2. The lowest BCUT2D eigenvalue weighted by Crippen LogP contribution is -2.49. The molecule has 1 saturated heterocycles. The van der Waals surface area contributed by atoms with Gasteiger partial charge in [-0.3, -0.25) is 4.79 Å². The number of aromatic nitrogens is 2. The molecular formula is C26H30N4O3S. The minimum absolute atomic E-state index is 0.0434. The smallest absolute Gasteiger partial charge is 0.254 e. The fourth-order valence-corrected chi connectivity index (χ4v) is 6.53. The minimum Gasteiger partial charge on any atom is -0.454 e. The summed E-state index contributed by atoms with van der Waals surface area (Å²) in [6.07, 6.45) is 8.03. The van der Waals surface area contributed by atoms with Gasteiger partial charge in [-0.2, -0.15) is 0 Å². The fourth-order valence-electron chi connectivity index (χ4n) is 5.26. The molecule has 6 rings (SSSR count). The summed E-state index contributed by atoms with van der Waals surface area (Å²) in [5.41, 5.74) is 2.13. The number of hydrogen-bond acceptors (Lipinski definition) is 7. The second kappa shape index (κ2) is 9.06. The van der Waals surface area contributed by atoms with Crippen molar-refractivity contribution in [2.24, 2.45) is 0 Å². The Kier molecular flexibility index (Phi) is 5.77. The van der Waals surface area contributed by atoms with Gasteiger partial charge in [-0.25, -0.2) is 9.97 Å². The summed E-state index contributed by atoms with van der Waals surface area (Å²) in [6.45, 7) is 5.29. The van der Waals surface area contributed by atoms with Crippen molar-refractivity contribution >= 4 is 33.3 Å². The maximum atomic E-state index is 13.2. The van der Waals surface area contributed by atoms with Gasteiger partial charge in [-0.1, -0.05) is 13.3 Å². The van der Waals surface area contributed by atoms with Gasteiger partial charge in [0.2, 0.25) is 6.79 Å². The van der Waals surface area contributed by atoms with E-state index < -0.39 is 0 Å². The van der Waals surface area contributed by atoms with Gasteiger partial charge >= 0.3 is 0 Å². The first-order valence-corrected chi connectivity index (χ1v) is 13.3. The normalized spacial score (nSPS) is 17.7. The Bertz CT molecular complexity index is 1230. The first-order chi connectivity index (χ1) is 16.7. The summed E-state index contributed by atoms with van der Waals surface area (Å²) in [5, 5.41) is 1.28. The van der Waals surface area contributed by atoms with E-state index in [9.17, 15) is 4.79 Å². The Balaban J connectivity index is 1.26. The zero-order valence-electron chi connectivity index (χ0n) is 19.6. The van der Waals surface area contributed by atoms with Crippen LogP contribution < -0.4 is 14.4 Å². The predicted molar refractivity (Wildman–Crippen MR) is 133 cm³/mol. The second-order valence-electron chi connectivity index (χ2n) is 9.31. The number of hydrogen-bond donors (Lipinski definition) is 0. The molecule has 0 atom stereocenters. The molecule has 1 aliphatic carbocycles. The van der Waals surface area contributed by atoms with Crippen LogP contribution in [0.1, 0.15) is 59.2 Å². The van der Waals surface area contributed by atoms with Gasteiger partial charge in [-0.05, 0) is 55.9 Å². The molecule has 0 saturated carbocycles. The third-order valence-electron chi connectivity index (χ3n) is 7.05. The van der Waals surface area contributed by atoms with Crippen molar-refractivity contribution in [2.75, 3.05) is 37.9 Å². The van der Waals surface area contributed by atoms with Crippen molar-refractivity contribution in [3.05, 3.63) is 40.0 Å². The van der Waals surface area contributed by atoms with E-state index in [0.29, 0.717) is 30.2 Å². The Morgan fingerprint density at radius 3 is 2.71 bits per heavy atom. The molecule has 34 heavy (non-hydrogen) atoms. The predicted octanol–water partition coefficient (Wildman–Crippen LogP) is 4.60. The third kappa shape index (κ3) is 3.87. The van der Waals surface area contributed by atoms with E-state index in [4.69, 9.17) is 19.4 Å². The topological polar surface area (TPSA) is 67.8 Å². The van der Waals surface area contributed by atoms with Crippen LogP contribution in [-0.2, 0) is 19.3 Å². The van der Waals surface area contributed by atoms with Crippen LogP contribution in [0.3, 0.4) is 0 Å². The molecule has 0 radical (unpaired) electrons. The van der Waals surface area contributed by atoms with Crippen molar-refractivity contribution in [1.82, 2.24) is 14.9 Å². The van der Waals surface area contributed by atoms with E-state index in [-0.39, 0.29) is 12.7 Å². The summed E-state index contributed by atoms with van der Waals surface area (Å²) in [5.74, 6) is 3.42. The second-order valence-corrected chi connectivity index (χ2v) is 10.4. The van der Waals surface area contributed by atoms with E-state index in [1.54, 1.807) is 6.07 Å². The summed E-state index contributed by atoms with van der Waals surface area (Å²) < 4.78 is 10.8. The molecule has 0 N–H and O–H groups in total. The first kappa shape index (κ1) is 21.6. The third-order valence-corrected chi connectivity index (χ3v) is 8.24. The molecule has 3 aromatic rings. The molecular weight excluding hydrogens is 448 g/mol. The fraction of sp³-hybridized carbons (Fsp3) is 0.500. The highest BCUT2D eigenvalue weighted by Crippen LogP contribution is 2.40. The summed E-state index contributed by atoms with van der Waals surface area (Å²) >= 11 is 1.88. The van der Waals surface area contributed by atoms with Crippen LogP contribution in [0.2, 0.25) is 0 Å². The largest absolute Gasteiger partial charge is 0.454 e. The molecule has 8 heteroatoms. The monoisotopic (exact) mass is 478 g/mol. The van der Waals surface area contributed by atoms with Crippen LogP contribution in [0, 0.1) is 0 Å². The van der Waals surface area contributed by atoms with E-state index >= 15 is 0 Å². The van der Waals surface area contributed by atoms with Gasteiger partial charge in [0.1, 0.15) is 16.5 Å². The van der Waals surface area contributed by atoms with E-state index in [2.05, 4.69) is 11.8 Å². The van der Waals surface area contributed by atoms with Gasteiger partial charge < -0.3 is 19.3 Å². The molecule has 0 spiro atoms. The van der Waals surface area contributed by atoms with Crippen LogP contribution in [0.4, 0.5) is 5.82 Å². The molecule has 0 bridgehead atoms. The average Bonchev–Trinajstić information content (AvgIpc) is 3.40. The highest BCUT2D eigenvalue weighted by molar-refractivity contribution is 7.19. The van der Waals surface area contributed by atoms with Crippen LogP contribution in [0.15, 0.2) is 18.2 Å². The van der Waals surface area contributed by atoms with Gasteiger partial charge in [0, 0.05) is 43.0 Å². The number of piperazine rings is 1. The number of fused-ring (bicyclic) bond motifs is 4. The van der Waals surface area contributed by atoms with Crippen molar-refractivity contribution in [2.45, 2.75) is 51.9 Å². The molecule has 2 aromatic heterocycles. The minimum atomic E-state index is 0.0434. The Hall–Kier alpha value is -2.87. The van der Waals surface area contributed by atoms with Crippen LogP contribution in [-0.4, -0.2) is 53.7 Å². The van der Waals surface area contributed by atoms with E-state index in [0.717, 1.165) is 55.2 Å². The van der Waals surface area contributed by atoms with E-state index in [1.165, 1.54) is 35.1 Å². The number of amides is 1. The van der Waals surface area contributed by atoms with Gasteiger partial charge in [-0.15, -0.1) is 11.3 Å². The van der Waals surface area contributed by atoms with Crippen LogP contribution >= 0.6 is 11.3 Å². The van der Waals surface area contributed by atoms with Gasteiger partial charge in [0.05, 0.1) is 5.39 Å².